The topological polar surface area (TPSA) is 88.9 Å². The molecule has 0 radical (unpaired) electrons. The summed E-state index contributed by atoms with van der Waals surface area (Å²) in [5.74, 6) is -0.844. The van der Waals surface area contributed by atoms with Crippen LogP contribution in [0.15, 0.2) is 47.1 Å². The van der Waals surface area contributed by atoms with Crippen LogP contribution in [-0.4, -0.2) is 35.8 Å². The molecule has 1 aromatic carbocycles. The SMILES string of the molecule is O=C(COC(=O)C1CC(=O)N(Cc2ccco2)C1)NC1CCCc2ccccc21. The maximum Gasteiger partial charge on any atom is 0.311 e. The van der Waals surface area contributed by atoms with Gasteiger partial charge in [0.1, 0.15) is 5.76 Å². The third kappa shape index (κ3) is 4.50. The van der Waals surface area contributed by atoms with Crippen molar-refractivity contribution in [1.82, 2.24) is 10.2 Å². The number of nitrogens with one attached hydrogen (secondary N) is 1. The Labute approximate surface area is 169 Å². The lowest BCUT2D eigenvalue weighted by atomic mass is 9.88. The van der Waals surface area contributed by atoms with Crippen LogP contribution in [-0.2, 0) is 32.1 Å². The molecule has 2 unspecified atom stereocenters. The Morgan fingerprint density at radius 2 is 2.07 bits per heavy atom. The number of likely N-dealkylation sites (tertiary alicyclic amines) is 1. The Hall–Kier alpha value is -3.09. The van der Waals surface area contributed by atoms with Crippen molar-refractivity contribution in [2.45, 2.75) is 38.3 Å². The minimum atomic E-state index is -0.555. The number of ether oxygens (including phenoxy) is 1. The highest BCUT2D eigenvalue weighted by Crippen LogP contribution is 2.29. The molecule has 0 saturated carbocycles. The van der Waals surface area contributed by atoms with Gasteiger partial charge < -0.3 is 19.4 Å². The number of esters is 1. The van der Waals surface area contributed by atoms with Crippen LogP contribution in [0.4, 0.5) is 0 Å². The first-order chi connectivity index (χ1) is 14.1. The van der Waals surface area contributed by atoms with E-state index in [4.69, 9.17) is 9.15 Å². The number of carbonyl (C=O) groups excluding carboxylic acids is 3. The van der Waals surface area contributed by atoms with Crippen molar-refractivity contribution >= 4 is 17.8 Å². The number of benzene rings is 1. The molecule has 1 fully saturated rings. The molecule has 4 rings (SSSR count). The van der Waals surface area contributed by atoms with Crippen molar-refractivity contribution in [1.29, 1.82) is 0 Å². The molecule has 1 aromatic heterocycles. The number of nitrogens with zero attached hydrogens (tertiary/aromatic N) is 1. The molecule has 1 N–H and O–H groups in total. The molecule has 2 heterocycles. The molecule has 152 valence electrons. The summed E-state index contributed by atoms with van der Waals surface area (Å²) in [5.41, 5.74) is 2.38. The van der Waals surface area contributed by atoms with Gasteiger partial charge in [-0.3, -0.25) is 14.4 Å². The molecule has 7 heteroatoms. The second kappa shape index (κ2) is 8.51. The van der Waals surface area contributed by atoms with Crippen LogP contribution in [0.1, 0.15) is 42.2 Å². The van der Waals surface area contributed by atoms with Crippen LogP contribution < -0.4 is 5.32 Å². The van der Waals surface area contributed by atoms with Gasteiger partial charge in [0.25, 0.3) is 5.91 Å². The smallest absolute Gasteiger partial charge is 0.311 e. The van der Waals surface area contributed by atoms with Gasteiger partial charge in [0.05, 0.1) is 24.8 Å². The minimum absolute atomic E-state index is 0.0528. The zero-order valence-corrected chi connectivity index (χ0v) is 16.1. The standard InChI is InChI=1S/C22H24N2O5/c25-20(23-19-9-3-6-15-5-1-2-8-18(15)19)14-29-22(27)16-11-21(26)24(12-16)13-17-7-4-10-28-17/h1-2,4-5,7-8,10,16,19H,3,6,9,11-14H2,(H,23,25). The van der Waals surface area contributed by atoms with Gasteiger partial charge in [0.15, 0.2) is 6.61 Å². The van der Waals surface area contributed by atoms with Crippen LogP contribution in [0.2, 0.25) is 0 Å². The van der Waals surface area contributed by atoms with Crippen molar-refractivity contribution < 1.29 is 23.5 Å². The fraction of sp³-hybridized carbons (Fsp3) is 0.409. The summed E-state index contributed by atoms with van der Waals surface area (Å²) in [4.78, 5) is 38.3. The van der Waals surface area contributed by atoms with Crippen LogP contribution in [0, 0.1) is 5.92 Å². The number of carbonyl (C=O) groups is 3. The van der Waals surface area contributed by atoms with Crippen molar-refractivity contribution in [3.8, 4) is 0 Å². The van der Waals surface area contributed by atoms with Gasteiger partial charge in [-0.15, -0.1) is 0 Å². The van der Waals surface area contributed by atoms with E-state index in [1.165, 1.54) is 5.56 Å². The number of amides is 2. The Morgan fingerprint density at radius 1 is 1.21 bits per heavy atom. The highest BCUT2D eigenvalue weighted by molar-refractivity contribution is 5.88. The highest BCUT2D eigenvalue weighted by atomic mass is 16.5. The van der Waals surface area contributed by atoms with Crippen LogP contribution in [0.5, 0.6) is 0 Å². The third-order valence-corrected chi connectivity index (χ3v) is 5.52. The third-order valence-electron chi connectivity index (χ3n) is 5.52. The van der Waals surface area contributed by atoms with E-state index in [0.29, 0.717) is 12.3 Å². The summed E-state index contributed by atoms with van der Waals surface area (Å²) >= 11 is 0. The molecule has 2 aromatic rings. The summed E-state index contributed by atoms with van der Waals surface area (Å²) < 4.78 is 10.4. The van der Waals surface area contributed by atoms with Gasteiger partial charge >= 0.3 is 5.97 Å². The lowest BCUT2D eigenvalue weighted by molar-refractivity contribution is -0.152. The molecule has 2 amide bonds. The first-order valence-electron chi connectivity index (χ1n) is 9.94. The second-order valence-corrected chi connectivity index (χ2v) is 7.57. The van der Waals surface area contributed by atoms with E-state index in [1.807, 2.05) is 18.2 Å². The largest absolute Gasteiger partial charge is 0.467 e. The fourth-order valence-electron chi connectivity index (χ4n) is 4.07. The normalized spacial score (nSPS) is 21.0. The van der Waals surface area contributed by atoms with Crippen LogP contribution in [0.3, 0.4) is 0 Å². The van der Waals surface area contributed by atoms with E-state index in [2.05, 4.69) is 11.4 Å². The number of rotatable bonds is 6. The summed E-state index contributed by atoms with van der Waals surface area (Å²) in [6.45, 7) is 0.271. The van der Waals surface area contributed by atoms with Crippen LogP contribution in [0.25, 0.3) is 0 Å². The molecule has 7 nitrogen and oxygen atoms in total. The predicted octanol–water partition coefficient (Wildman–Crippen LogP) is 2.37. The summed E-state index contributed by atoms with van der Waals surface area (Å²) in [5, 5.41) is 2.96. The van der Waals surface area contributed by atoms with Gasteiger partial charge in [-0.1, -0.05) is 24.3 Å². The lowest BCUT2D eigenvalue weighted by Crippen LogP contribution is -2.35. The van der Waals surface area contributed by atoms with Crippen molar-refractivity contribution in [3.63, 3.8) is 0 Å². The zero-order valence-electron chi connectivity index (χ0n) is 16.1. The Morgan fingerprint density at radius 3 is 2.90 bits per heavy atom. The Bertz CT molecular complexity index is 892. The molecule has 0 spiro atoms. The molecule has 1 aliphatic carbocycles. The van der Waals surface area contributed by atoms with E-state index in [-0.39, 0.29) is 37.4 Å². The fourth-order valence-corrected chi connectivity index (χ4v) is 4.07. The van der Waals surface area contributed by atoms with E-state index in [1.54, 1.807) is 23.3 Å². The van der Waals surface area contributed by atoms with Crippen molar-refractivity contribution in [2.75, 3.05) is 13.2 Å². The molecule has 1 aliphatic heterocycles. The quantitative estimate of drug-likeness (QED) is 0.758. The van der Waals surface area contributed by atoms with Gasteiger partial charge in [-0.25, -0.2) is 0 Å². The zero-order chi connectivity index (χ0) is 20.2. The molecule has 2 atom stereocenters. The average molecular weight is 396 g/mol. The summed E-state index contributed by atoms with van der Waals surface area (Å²) in [6.07, 6.45) is 4.54. The lowest BCUT2D eigenvalue weighted by Gasteiger charge is -2.26. The second-order valence-electron chi connectivity index (χ2n) is 7.57. The number of aryl methyl sites for hydroxylation is 1. The molecule has 1 saturated heterocycles. The van der Waals surface area contributed by atoms with E-state index in [0.717, 1.165) is 24.8 Å². The van der Waals surface area contributed by atoms with Crippen molar-refractivity contribution in [2.24, 2.45) is 5.92 Å². The molecule has 29 heavy (non-hydrogen) atoms. The molecule has 0 bridgehead atoms. The molecular formula is C22H24N2O5. The van der Waals surface area contributed by atoms with E-state index in [9.17, 15) is 14.4 Å². The first-order valence-corrected chi connectivity index (χ1v) is 9.94. The number of hydrogen-bond donors (Lipinski definition) is 1. The summed E-state index contributed by atoms with van der Waals surface area (Å²) in [7, 11) is 0. The molecular weight excluding hydrogens is 372 g/mol. The predicted molar refractivity (Wildman–Crippen MR) is 103 cm³/mol. The van der Waals surface area contributed by atoms with Gasteiger partial charge in [-0.05, 0) is 42.5 Å². The van der Waals surface area contributed by atoms with Crippen molar-refractivity contribution in [3.05, 3.63) is 59.5 Å². The average Bonchev–Trinajstić information content (AvgIpc) is 3.37. The maximum absolute atomic E-state index is 12.3. The van der Waals surface area contributed by atoms with Gasteiger partial charge in [0.2, 0.25) is 5.91 Å². The number of hydrogen-bond acceptors (Lipinski definition) is 5. The first kappa shape index (κ1) is 19.2. The number of furan rings is 1. The Balaban J connectivity index is 1.26. The Kier molecular flexibility index (Phi) is 5.64. The molecule has 2 aliphatic rings. The monoisotopic (exact) mass is 396 g/mol. The van der Waals surface area contributed by atoms with E-state index < -0.39 is 11.9 Å². The van der Waals surface area contributed by atoms with Gasteiger partial charge in [0, 0.05) is 13.0 Å². The maximum atomic E-state index is 12.3. The van der Waals surface area contributed by atoms with E-state index >= 15 is 0 Å². The van der Waals surface area contributed by atoms with Gasteiger partial charge in [-0.2, -0.15) is 0 Å². The highest BCUT2D eigenvalue weighted by Gasteiger charge is 2.36. The number of fused-ring (bicyclic) bond motifs is 1. The minimum Gasteiger partial charge on any atom is -0.467 e. The summed E-state index contributed by atoms with van der Waals surface area (Å²) in [6, 6.07) is 11.6. The van der Waals surface area contributed by atoms with Crippen LogP contribution >= 0.6 is 0 Å².